The van der Waals surface area contributed by atoms with Gasteiger partial charge in [0.05, 0.1) is 0 Å². The summed E-state index contributed by atoms with van der Waals surface area (Å²) < 4.78 is 0. The van der Waals surface area contributed by atoms with Gasteiger partial charge in [0.15, 0.2) is 0 Å². The fourth-order valence-electron chi connectivity index (χ4n) is 2.45. The van der Waals surface area contributed by atoms with Gasteiger partial charge in [-0.1, -0.05) is 6.07 Å². The van der Waals surface area contributed by atoms with Crippen LogP contribution < -0.4 is 10.2 Å². The van der Waals surface area contributed by atoms with E-state index < -0.39 is 0 Å². The van der Waals surface area contributed by atoms with Crippen LogP contribution in [0.4, 0.5) is 5.82 Å². The van der Waals surface area contributed by atoms with Crippen molar-refractivity contribution in [2.75, 3.05) is 65.3 Å². The molecule has 1 aliphatic heterocycles. The highest BCUT2D eigenvalue weighted by Crippen LogP contribution is 2.14. The predicted molar refractivity (Wildman–Crippen MR) is 84.2 cm³/mol. The van der Waals surface area contributed by atoms with E-state index in [9.17, 15) is 0 Å². The molecular weight excluding hydrogens is 250 g/mol. The summed E-state index contributed by atoms with van der Waals surface area (Å²) >= 11 is 0. The lowest BCUT2D eigenvalue weighted by atomic mass is 10.2. The van der Waals surface area contributed by atoms with E-state index in [0.29, 0.717) is 0 Å². The zero-order chi connectivity index (χ0) is 14.4. The average Bonchev–Trinajstić information content (AvgIpc) is 2.47. The number of piperazine rings is 1. The smallest absolute Gasteiger partial charge is 0.128 e. The summed E-state index contributed by atoms with van der Waals surface area (Å²) in [6.45, 7) is 7.59. The molecule has 0 spiro atoms. The fraction of sp³-hybridized carbons (Fsp3) is 0.667. The van der Waals surface area contributed by atoms with Crippen LogP contribution in [0, 0.1) is 0 Å². The van der Waals surface area contributed by atoms with Crippen LogP contribution in [0.3, 0.4) is 0 Å². The molecule has 0 saturated carbocycles. The Kier molecular flexibility index (Phi) is 5.76. The van der Waals surface area contributed by atoms with Gasteiger partial charge in [-0.15, -0.1) is 0 Å². The van der Waals surface area contributed by atoms with Crippen LogP contribution in [0.1, 0.15) is 5.56 Å². The Hall–Kier alpha value is -1.17. The van der Waals surface area contributed by atoms with Crippen LogP contribution in [0.5, 0.6) is 0 Å². The Morgan fingerprint density at radius 1 is 1.20 bits per heavy atom. The monoisotopic (exact) mass is 277 g/mol. The number of hydrogen-bond donors (Lipinski definition) is 1. The molecule has 0 unspecified atom stereocenters. The van der Waals surface area contributed by atoms with Crippen molar-refractivity contribution in [2.45, 2.75) is 6.54 Å². The quantitative estimate of drug-likeness (QED) is 0.818. The van der Waals surface area contributed by atoms with Crippen LogP contribution in [-0.4, -0.2) is 75.2 Å². The first-order valence-electron chi connectivity index (χ1n) is 7.40. The van der Waals surface area contributed by atoms with Gasteiger partial charge in [-0.2, -0.15) is 0 Å². The molecule has 1 aliphatic rings. The molecule has 5 nitrogen and oxygen atoms in total. The van der Waals surface area contributed by atoms with E-state index >= 15 is 0 Å². The maximum Gasteiger partial charge on any atom is 0.128 e. The number of nitrogens with one attached hydrogen (secondary N) is 1. The number of pyridine rings is 1. The van der Waals surface area contributed by atoms with Crippen LogP contribution in [0.15, 0.2) is 18.3 Å². The van der Waals surface area contributed by atoms with Gasteiger partial charge < -0.3 is 15.1 Å². The summed E-state index contributed by atoms with van der Waals surface area (Å²) in [5, 5.41) is 3.15. The maximum atomic E-state index is 4.58. The summed E-state index contributed by atoms with van der Waals surface area (Å²) in [6, 6.07) is 4.30. The topological polar surface area (TPSA) is 34.6 Å². The van der Waals surface area contributed by atoms with E-state index in [1.807, 2.05) is 13.2 Å². The minimum atomic E-state index is 0.881. The van der Waals surface area contributed by atoms with Crippen molar-refractivity contribution in [1.82, 2.24) is 20.1 Å². The van der Waals surface area contributed by atoms with Crippen LogP contribution in [0.2, 0.25) is 0 Å². The lowest BCUT2D eigenvalue weighted by Gasteiger charge is -2.35. The SMILES string of the molecule is CNCc1ccc(N2CCN(CCN(C)C)CC2)nc1. The Balaban J connectivity index is 1.81. The van der Waals surface area contributed by atoms with Gasteiger partial charge in [-0.05, 0) is 32.8 Å². The van der Waals surface area contributed by atoms with Crippen molar-refractivity contribution < 1.29 is 0 Å². The van der Waals surface area contributed by atoms with Gasteiger partial charge in [0.1, 0.15) is 5.82 Å². The summed E-state index contributed by atoms with van der Waals surface area (Å²) in [5.41, 5.74) is 1.24. The Bertz CT molecular complexity index is 382. The van der Waals surface area contributed by atoms with Crippen molar-refractivity contribution in [3.8, 4) is 0 Å². The van der Waals surface area contributed by atoms with Crippen molar-refractivity contribution in [2.24, 2.45) is 0 Å². The van der Waals surface area contributed by atoms with E-state index in [1.165, 1.54) is 5.56 Å². The van der Waals surface area contributed by atoms with Gasteiger partial charge in [-0.25, -0.2) is 4.98 Å². The van der Waals surface area contributed by atoms with Crippen molar-refractivity contribution in [3.63, 3.8) is 0 Å². The summed E-state index contributed by atoms with van der Waals surface area (Å²) in [5.74, 6) is 1.11. The van der Waals surface area contributed by atoms with Gasteiger partial charge in [0, 0.05) is 52.0 Å². The number of rotatable bonds is 6. The molecule has 5 heteroatoms. The number of hydrogen-bond acceptors (Lipinski definition) is 5. The number of aromatic nitrogens is 1. The summed E-state index contributed by atoms with van der Waals surface area (Å²) in [6.07, 6.45) is 1.98. The molecule has 112 valence electrons. The Labute approximate surface area is 122 Å². The zero-order valence-electron chi connectivity index (χ0n) is 13.0. The van der Waals surface area contributed by atoms with E-state index in [0.717, 1.165) is 51.6 Å². The van der Waals surface area contributed by atoms with E-state index in [2.05, 4.69) is 51.2 Å². The van der Waals surface area contributed by atoms with E-state index in [1.54, 1.807) is 0 Å². The third-order valence-electron chi connectivity index (χ3n) is 3.75. The Morgan fingerprint density at radius 2 is 1.95 bits per heavy atom. The maximum absolute atomic E-state index is 4.58. The molecule has 0 amide bonds. The highest BCUT2D eigenvalue weighted by Gasteiger charge is 2.17. The number of anilines is 1. The molecule has 20 heavy (non-hydrogen) atoms. The molecule has 1 aromatic heterocycles. The molecule has 1 aromatic rings. The second-order valence-corrected chi connectivity index (χ2v) is 5.69. The largest absolute Gasteiger partial charge is 0.354 e. The normalized spacial score (nSPS) is 16.9. The second kappa shape index (κ2) is 7.57. The summed E-state index contributed by atoms with van der Waals surface area (Å²) in [4.78, 5) is 11.7. The van der Waals surface area contributed by atoms with Crippen molar-refractivity contribution in [1.29, 1.82) is 0 Å². The third kappa shape index (κ3) is 4.44. The van der Waals surface area contributed by atoms with E-state index in [4.69, 9.17) is 0 Å². The molecule has 2 rings (SSSR count). The van der Waals surface area contributed by atoms with Crippen LogP contribution in [-0.2, 0) is 6.54 Å². The van der Waals surface area contributed by atoms with Crippen molar-refractivity contribution in [3.05, 3.63) is 23.9 Å². The number of nitrogens with zero attached hydrogens (tertiary/aromatic N) is 4. The summed E-state index contributed by atoms with van der Waals surface area (Å²) in [7, 11) is 6.22. The molecule has 0 aromatic carbocycles. The van der Waals surface area contributed by atoms with Crippen LogP contribution >= 0.6 is 0 Å². The zero-order valence-corrected chi connectivity index (χ0v) is 13.0. The van der Waals surface area contributed by atoms with E-state index in [-0.39, 0.29) is 0 Å². The molecule has 0 radical (unpaired) electrons. The molecule has 1 N–H and O–H groups in total. The van der Waals surface area contributed by atoms with Crippen molar-refractivity contribution >= 4 is 5.82 Å². The molecule has 0 bridgehead atoms. The average molecular weight is 277 g/mol. The fourth-order valence-corrected chi connectivity index (χ4v) is 2.45. The third-order valence-corrected chi connectivity index (χ3v) is 3.75. The van der Waals surface area contributed by atoms with Crippen LogP contribution in [0.25, 0.3) is 0 Å². The second-order valence-electron chi connectivity index (χ2n) is 5.69. The number of likely N-dealkylation sites (N-methyl/N-ethyl adjacent to an activating group) is 1. The van der Waals surface area contributed by atoms with Gasteiger partial charge in [-0.3, -0.25) is 4.90 Å². The minimum Gasteiger partial charge on any atom is -0.354 e. The molecule has 1 saturated heterocycles. The first-order valence-corrected chi connectivity index (χ1v) is 7.40. The van der Waals surface area contributed by atoms with Gasteiger partial charge in [0.2, 0.25) is 0 Å². The first-order chi connectivity index (χ1) is 9.69. The standard InChI is InChI=1S/C15H27N5/c1-16-12-14-4-5-15(17-13-14)20-10-8-19(9-11-20)7-6-18(2)3/h4-5,13,16H,6-12H2,1-3H3. The highest BCUT2D eigenvalue weighted by atomic mass is 15.3. The highest BCUT2D eigenvalue weighted by molar-refractivity contribution is 5.39. The Morgan fingerprint density at radius 3 is 2.50 bits per heavy atom. The van der Waals surface area contributed by atoms with Gasteiger partial charge >= 0.3 is 0 Å². The molecule has 1 fully saturated rings. The predicted octanol–water partition coefficient (Wildman–Crippen LogP) is 0.485. The molecule has 2 heterocycles. The molecular formula is C15H27N5. The minimum absolute atomic E-state index is 0.881. The first kappa shape index (κ1) is 15.2. The molecule has 0 atom stereocenters. The lowest BCUT2D eigenvalue weighted by molar-refractivity contribution is 0.229. The van der Waals surface area contributed by atoms with Gasteiger partial charge in [0.25, 0.3) is 0 Å². The molecule has 0 aliphatic carbocycles. The lowest BCUT2D eigenvalue weighted by Crippen LogP contribution is -2.48.